The minimum atomic E-state index is 0.462. The van der Waals surface area contributed by atoms with E-state index in [0.29, 0.717) is 5.82 Å². The van der Waals surface area contributed by atoms with E-state index in [4.69, 9.17) is 10.3 Å². The molecule has 4 nitrogen and oxygen atoms in total. The molecule has 1 aliphatic carbocycles. The standard InChI is InChI=1S/C12H13N3O/c13-12-11(9-2-1-5-14-7-9)10(16-15-12)6-8-3-4-8/h1-2,5,7-8H,3-4,6H2,(H2,13,15). The molecular formula is C12H13N3O. The number of pyridine rings is 1. The van der Waals surface area contributed by atoms with Gasteiger partial charge in [-0.15, -0.1) is 0 Å². The third-order valence-corrected chi connectivity index (χ3v) is 2.91. The van der Waals surface area contributed by atoms with E-state index in [1.807, 2.05) is 12.1 Å². The highest BCUT2D eigenvalue weighted by atomic mass is 16.5. The molecule has 0 amide bonds. The highest BCUT2D eigenvalue weighted by Crippen LogP contribution is 2.37. The van der Waals surface area contributed by atoms with Crippen LogP contribution in [0.4, 0.5) is 5.82 Å². The number of rotatable bonds is 3. The molecule has 2 N–H and O–H groups in total. The van der Waals surface area contributed by atoms with E-state index in [1.54, 1.807) is 12.4 Å². The van der Waals surface area contributed by atoms with Gasteiger partial charge in [-0.05, 0) is 24.8 Å². The number of hydrogen-bond acceptors (Lipinski definition) is 4. The van der Waals surface area contributed by atoms with Crippen molar-refractivity contribution in [1.29, 1.82) is 0 Å². The maximum absolute atomic E-state index is 5.84. The summed E-state index contributed by atoms with van der Waals surface area (Å²) in [7, 11) is 0. The average Bonchev–Trinajstić information content (AvgIpc) is 3.04. The molecule has 2 aromatic rings. The maximum atomic E-state index is 5.84. The van der Waals surface area contributed by atoms with Crippen molar-refractivity contribution in [2.45, 2.75) is 19.3 Å². The maximum Gasteiger partial charge on any atom is 0.175 e. The van der Waals surface area contributed by atoms with Crippen molar-refractivity contribution >= 4 is 5.82 Å². The van der Waals surface area contributed by atoms with Crippen LogP contribution in [0.15, 0.2) is 29.0 Å². The van der Waals surface area contributed by atoms with Crippen LogP contribution in [0.25, 0.3) is 11.1 Å². The zero-order valence-electron chi connectivity index (χ0n) is 8.89. The van der Waals surface area contributed by atoms with Gasteiger partial charge in [-0.3, -0.25) is 4.98 Å². The molecule has 0 unspecified atom stereocenters. The summed E-state index contributed by atoms with van der Waals surface area (Å²) in [6.45, 7) is 0. The molecule has 0 spiro atoms. The smallest absolute Gasteiger partial charge is 0.175 e. The van der Waals surface area contributed by atoms with Gasteiger partial charge in [0, 0.05) is 24.4 Å². The Hall–Kier alpha value is -1.84. The second kappa shape index (κ2) is 3.63. The largest absolute Gasteiger partial charge is 0.380 e. The van der Waals surface area contributed by atoms with Crippen LogP contribution in [-0.2, 0) is 6.42 Å². The molecule has 0 radical (unpaired) electrons. The van der Waals surface area contributed by atoms with Crippen molar-refractivity contribution in [2.24, 2.45) is 5.92 Å². The summed E-state index contributed by atoms with van der Waals surface area (Å²) >= 11 is 0. The number of nitrogens with two attached hydrogens (primary N) is 1. The highest BCUT2D eigenvalue weighted by Gasteiger charge is 2.26. The van der Waals surface area contributed by atoms with Crippen LogP contribution in [0.3, 0.4) is 0 Å². The van der Waals surface area contributed by atoms with Gasteiger partial charge in [0.2, 0.25) is 0 Å². The summed E-state index contributed by atoms with van der Waals surface area (Å²) in [5.74, 6) is 2.11. The Morgan fingerprint density at radius 3 is 3.00 bits per heavy atom. The van der Waals surface area contributed by atoms with Crippen LogP contribution < -0.4 is 5.73 Å². The lowest BCUT2D eigenvalue weighted by Crippen LogP contribution is -1.92. The quantitative estimate of drug-likeness (QED) is 0.853. The van der Waals surface area contributed by atoms with Crippen molar-refractivity contribution in [3.05, 3.63) is 30.3 Å². The molecule has 0 aliphatic heterocycles. The van der Waals surface area contributed by atoms with Gasteiger partial charge < -0.3 is 10.3 Å². The van der Waals surface area contributed by atoms with Gasteiger partial charge in [-0.25, -0.2) is 0 Å². The van der Waals surface area contributed by atoms with Crippen molar-refractivity contribution in [3.8, 4) is 11.1 Å². The lowest BCUT2D eigenvalue weighted by molar-refractivity contribution is 0.381. The Morgan fingerprint density at radius 2 is 2.31 bits per heavy atom. The van der Waals surface area contributed by atoms with Crippen molar-refractivity contribution in [2.75, 3.05) is 5.73 Å². The molecule has 82 valence electrons. The molecule has 2 aromatic heterocycles. The summed E-state index contributed by atoms with van der Waals surface area (Å²) in [4.78, 5) is 4.09. The van der Waals surface area contributed by atoms with Gasteiger partial charge in [0.15, 0.2) is 5.82 Å². The van der Waals surface area contributed by atoms with Crippen LogP contribution in [0.5, 0.6) is 0 Å². The molecule has 4 heteroatoms. The number of aromatic nitrogens is 2. The molecule has 1 fully saturated rings. The normalized spacial score (nSPS) is 15.2. The first-order valence-corrected chi connectivity index (χ1v) is 5.49. The van der Waals surface area contributed by atoms with Gasteiger partial charge in [-0.2, -0.15) is 0 Å². The first-order chi connectivity index (χ1) is 7.84. The Labute approximate surface area is 93.5 Å². The zero-order chi connectivity index (χ0) is 11.0. The number of nitrogens with zero attached hydrogens (tertiary/aromatic N) is 2. The molecule has 0 bridgehead atoms. The fraction of sp³-hybridized carbons (Fsp3) is 0.333. The first kappa shape index (κ1) is 9.39. The number of anilines is 1. The Bertz CT molecular complexity index is 488. The Morgan fingerprint density at radius 1 is 1.44 bits per heavy atom. The fourth-order valence-corrected chi connectivity index (χ4v) is 1.88. The molecule has 1 aliphatic rings. The van der Waals surface area contributed by atoms with Crippen molar-refractivity contribution < 1.29 is 4.52 Å². The summed E-state index contributed by atoms with van der Waals surface area (Å²) in [5, 5.41) is 3.85. The molecule has 0 aromatic carbocycles. The van der Waals surface area contributed by atoms with E-state index >= 15 is 0 Å². The van der Waals surface area contributed by atoms with Gasteiger partial charge >= 0.3 is 0 Å². The summed E-state index contributed by atoms with van der Waals surface area (Å²) < 4.78 is 5.30. The SMILES string of the molecule is Nc1noc(CC2CC2)c1-c1cccnc1. The zero-order valence-corrected chi connectivity index (χ0v) is 8.89. The summed E-state index contributed by atoms with van der Waals surface area (Å²) in [5.41, 5.74) is 7.74. The van der Waals surface area contributed by atoms with Crippen LogP contribution >= 0.6 is 0 Å². The molecule has 2 heterocycles. The lowest BCUT2D eigenvalue weighted by Gasteiger charge is -2.00. The van der Waals surface area contributed by atoms with E-state index in [9.17, 15) is 0 Å². The van der Waals surface area contributed by atoms with Gasteiger partial charge in [-0.1, -0.05) is 11.2 Å². The third kappa shape index (κ3) is 1.66. The first-order valence-electron chi connectivity index (χ1n) is 5.49. The topological polar surface area (TPSA) is 64.9 Å². The molecule has 0 atom stereocenters. The predicted octanol–water partition coefficient (Wildman–Crippen LogP) is 2.27. The molecule has 3 rings (SSSR count). The van der Waals surface area contributed by atoms with Gasteiger partial charge in [0.25, 0.3) is 0 Å². The van der Waals surface area contributed by atoms with E-state index in [-0.39, 0.29) is 0 Å². The predicted molar refractivity (Wildman–Crippen MR) is 60.6 cm³/mol. The Kier molecular flexibility index (Phi) is 2.13. The molecule has 0 saturated heterocycles. The second-order valence-corrected chi connectivity index (χ2v) is 4.26. The van der Waals surface area contributed by atoms with E-state index in [2.05, 4.69) is 10.1 Å². The Balaban J connectivity index is 2.01. The lowest BCUT2D eigenvalue weighted by atomic mass is 10.1. The summed E-state index contributed by atoms with van der Waals surface area (Å²) in [6.07, 6.45) is 7.04. The number of nitrogen functional groups attached to an aromatic ring is 1. The van der Waals surface area contributed by atoms with E-state index in [1.165, 1.54) is 12.8 Å². The van der Waals surface area contributed by atoms with E-state index in [0.717, 1.165) is 29.2 Å². The van der Waals surface area contributed by atoms with Crippen LogP contribution in [0.1, 0.15) is 18.6 Å². The second-order valence-electron chi connectivity index (χ2n) is 4.26. The van der Waals surface area contributed by atoms with Crippen molar-refractivity contribution in [1.82, 2.24) is 10.1 Å². The third-order valence-electron chi connectivity index (χ3n) is 2.91. The van der Waals surface area contributed by atoms with Crippen LogP contribution in [0, 0.1) is 5.92 Å². The van der Waals surface area contributed by atoms with Gasteiger partial charge in [0.05, 0.1) is 5.56 Å². The van der Waals surface area contributed by atoms with Crippen LogP contribution in [-0.4, -0.2) is 10.1 Å². The van der Waals surface area contributed by atoms with Crippen molar-refractivity contribution in [3.63, 3.8) is 0 Å². The molecule has 16 heavy (non-hydrogen) atoms. The van der Waals surface area contributed by atoms with E-state index < -0.39 is 0 Å². The van der Waals surface area contributed by atoms with Gasteiger partial charge in [0.1, 0.15) is 5.76 Å². The average molecular weight is 215 g/mol. The summed E-state index contributed by atoms with van der Waals surface area (Å²) in [6, 6.07) is 3.87. The highest BCUT2D eigenvalue weighted by molar-refractivity contribution is 5.74. The van der Waals surface area contributed by atoms with Crippen LogP contribution in [0.2, 0.25) is 0 Å². The minimum absolute atomic E-state index is 0.462. The molecular weight excluding hydrogens is 202 g/mol. The molecule has 1 saturated carbocycles. The number of hydrogen-bond donors (Lipinski definition) is 1. The minimum Gasteiger partial charge on any atom is -0.380 e. The monoisotopic (exact) mass is 215 g/mol. The fourth-order valence-electron chi connectivity index (χ4n) is 1.88.